The summed E-state index contributed by atoms with van der Waals surface area (Å²) < 4.78 is 0. The van der Waals surface area contributed by atoms with E-state index in [1.165, 1.54) is 45.3 Å². The molecule has 2 nitrogen and oxygen atoms in total. The standard InChI is InChI=1S/C10H19NO/c12-8-10-4-3-9(10)7-11-5-1-2-6-11/h9-10,12H,1-8H2/t9-,10+/m1/s1. The Kier molecular flexibility index (Phi) is 2.66. The number of aliphatic hydroxyl groups is 1. The van der Waals surface area contributed by atoms with Crippen LogP contribution in [0.15, 0.2) is 0 Å². The molecule has 1 aliphatic heterocycles. The minimum Gasteiger partial charge on any atom is -0.396 e. The molecule has 70 valence electrons. The molecule has 0 spiro atoms. The first-order valence-electron chi connectivity index (χ1n) is 5.23. The highest BCUT2D eigenvalue weighted by molar-refractivity contribution is 4.83. The first-order chi connectivity index (χ1) is 5.90. The summed E-state index contributed by atoms with van der Waals surface area (Å²) in [5, 5.41) is 9.01. The van der Waals surface area contributed by atoms with Gasteiger partial charge >= 0.3 is 0 Å². The Morgan fingerprint density at radius 3 is 2.25 bits per heavy atom. The van der Waals surface area contributed by atoms with Crippen molar-refractivity contribution in [1.29, 1.82) is 0 Å². The molecule has 0 bridgehead atoms. The smallest absolute Gasteiger partial charge is 0.0462 e. The lowest BCUT2D eigenvalue weighted by Gasteiger charge is -2.37. The topological polar surface area (TPSA) is 23.5 Å². The summed E-state index contributed by atoms with van der Waals surface area (Å²) in [4.78, 5) is 2.56. The predicted molar refractivity (Wildman–Crippen MR) is 49.0 cm³/mol. The van der Waals surface area contributed by atoms with Crippen LogP contribution in [-0.4, -0.2) is 36.2 Å². The van der Waals surface area contributed by atoms with Crippen molar-refractivity contribution in [2.24, 2.45) is 11.8 Å². The van der Waals surface area contributed by atoms with Gasteiger partial charge in [-0.15, -0.1) is 0 Å². The van der Waals surface area contributed by atoms with Gasteiger partial charge in [-0.3, -0.25) is 0 Å². The monoisotopic (exact) mass is 169 g/mol. The maximum atomic E-state index is 9.01. The fourth-order valence-corrected chi connectivity index (χ4v) is 2.42. The molecular formula is C10H19NO. The van der Waals surface area contributed by atoms with E-state index in [-0.39, 0.29) is 0 Å². The molecule has 0 aromatic rings. The number of hydrogen-bond acceptors (Lipinski definition) is 2. The first kappa shape index (κ1) is 8.52. The summed E-state index contributed by atoms with van der Waals surface area (Å²) in [5.74, 6) is 1.44. The van der Waals surface area contributed by atoms with Crippen molar-refractivity contribution in [2.45, 2.75) is 25.7 Å². The Labute approximate surface area is 74.6 Å². The van der Waals surface area contributed by atoms with Gasteiger partial charge in [0.1, 0.15) is 0 Å². The van der Waals surface area contributed by atoms with Crippen LogP contribution >= 0.6 is 0 Å². The number of likely N-dealkylation sites (tertiary alicyclic amines) is 1. The van der Waals surface area contributed by atoms with Crippen LogP contribution in [0, 0.1) is 11.8 Å². The molecule has 2 rings (SSSR count). The van der Waals surface area contributed by atoms with Crippen molar-refractivity contribution in [3.05, 3.63) is 0 Å². The highest BCUT2D eigenvalue weighted by Crippen LogP contribution is 2.34. The number of hydrogen-bond donors (Lipinski definition) is 1. The molecule has 0 unspecified atom stereocenters. The van der Waals surface area contributed by atoms with Gasteiger partial charge in [0.2, 0.25) is 0 Å². The maximum absolute atomic E-state index is 9.01. The van der Waals surface area contributed by atoms with Crippen molar-refractivity contribution < 1.29 is 5.11 Å². The lowest BCUT2D eigenvalue weighted by Crippen LogP contribution is -2.38. The van der Waals surface area contributed by atoms with Crippen LogP contribution in [0.4, 0.5) is 0 Å². The molecule has 1 heterocycles. The van der Waals surface area contributed by atoms with E-state index in [4.69, 9.17) is 5.11 Å². The predicted octanol–water partition coefficient (Wildman–Crippen LogP) is 1.10. The zero-order chi connectivity index (χ0) is 8.39. The van der Waals surface area contributed by atoms with Crippen LogP contribution in [0.25, 0.3) is 0 Å². The third-order valence-electron chi connectivity index (χ3n) is 3.50. The van der Waals surface area contributed by atoms with Gasteiger partial charge in [-0.2, -0.15) is 0 Å². The van der Waals surface area contributed by atoms with Crippen LogP contribution in [0.1, 0.15) is 25.7 Å². The molecule has 1 saturated heterocycles. The van der Waals surface area contributed by atoms with Gasteiger partial charge in [0, 0.05) is 13.2 Å². The minimum absolute atomic E-state index is 0.415. The molecule has 2 atom stereocenters. The first-order valence-corrected chi connectivity index (χ1v) is 5.23. The Balaban J connectivity index is 1.71. The zero-order valence-electron chi connectivity index (χ0n) is 7.71. The van der Waals surface area contributed by atoms with Crippen LogP contribution in [-0.2, 0) is 0 Å². The van der Waals surface area contributed by atoms with E-state index in [2.05, 4.69) is 4.90 Å². The summed E-state index contributed by atoms with van der Waals surface area (Å²) in [7, 11) is 0. The molecule has 0 aromatic carbocycles. The SMILES string of the molecule is OC[C@@H]1CC[C@@H]1CN1CCCC1. The van der Waals surface area contributed by atoms with E-state index < -0.39 is 0 Å². The van der Waals surface area contributed by atoms with Crippen LogP contribution in [0.2, 0.25) is 0 Å². The van der Waals surface area contributed by atoms with E-state index in [0.717, 1.165) is 5.92 Å². The summed E-state index contributed by atoms with van der Waals surface area (Å²) >= 11 is 0. The van der Waals surface area contributed by atoms with Gasteiger partial charge in [-0.05, 0) is 50.6 Å². The second kappa shape index (κ2) is 3.75. The van der Waals surface area contributed by atoms with Crippen molar-refractivity contribution in [2.75, 3.05) is 26.2 Å². The molecule has 0 amide bonds. The average molecular weight is 169 g/mol. The Morgan fingerprint density at radius 1 is 1.08 bits per heavy atom. The summed E-state index contributed by atoms with van der Waals surface area (Å²) in [6.07, 6.45) is 5.38. The maximum Gasteiger partial charge on any atom is 0.0462 e. The highest BCUT2D eigenvalue weighted by Gasteiger charge is 2.31. The summed E-state index contributed by atoms with van der Waals surface area (Å²) in [6, 6.07) is 0. The molecule has 1 aliphatic carbocycles. The molecule has 1 N–H and O–H groups in total. The highest BCUT2D eigenvalue weighted by atomic mass is 16.3. The van der Waals surface area contributed by atoms with E-state index in [1.807, 2.05) is 0 Å². The molecule has 1 saturated carbocycles. The largest absolute Gasteiger partial charge is 0.396 e. The van der Waals surface area contributed by atoms with Crippen molar-refractivity contribution in [3.8, 4) is 0 Å². The number of rotatable bonds is 3. The third-order valence-corrected chi connectivity index (χ3v) is 3.50. The summed E-state index contributed by atoms with van der Waals surface area (Å²) in [6.45, 7) is 4.27. The second-order valence-corrected chi connectivity index (χ2v) is 4.29. The van der Waals surface area contributed by atoms with E-state index in [9.17, 15) is 0 Å². The van der Waals surface area contributed by atoms with Crippen LogP contribution < -0.4 is 0 Å². The molecule has 2 fully saturated rings. The van der Waals surface area contributed by atoms with Gasteiger partial charge in [0.25, 0.3) is 0 Å². The molecule has 0 aromatic heterocycles. The number of nitrogens with zero attached hydrogens (tertiary/aromatic N) is 1. The Hall–Kier alpha value is -0.0800. The van der Waals surface area contributed by atoms with Gasteiger partial charge in [0.05, 0.1) is 0 Å². The van der Waals surface area contributed by atoms with Gasteiger partial charge in [0.15, 0.2) is 0 Å². The third kappa shape index (κ3) is 1.64. The van der Waals surface area contributed by atoms with Gasteiger partial charge in [-0.25, -0.2) is 0 Å². The lowest BCUT2D eigenvalue weighted by atomic mass is 9.74. The van der Waals surface area contributed by atoms with E-state index in [0.29, 0.717) is 12.5 Å². The fourth-order valence-electron chi connectivity index (χ4n) is 2.42. The second-order valence-electron chi connectivity index (χ2n) is 4.29. The van der Waals surface area contributed by atoms with Crippen molar-refractivity contribution in [3.63, 3.8) is 0 Å². The Bertz CT molecular complexity index is 141. The van der Waals surface area contributed by atoms with E-state index in [1.54, 1.807) is 0 Å². The fraction of sp³-hybridized carbons (Fsp3) is 1.00. The average Bonchev–Trinajstić information content (AvgIpc) is 2.51. The molecule has 0 radical (unpaired) electrons. The van der Waals surface area contributed by atoms with Crippen molar-refractivity contribution >= 4 is 0 Å². The normalized spacial score (nSPS) is 36.8. The summed E-state index contributed by atoms with van der Waals surface area (Å²) in [5.41, 5.74) is 0. The van der Waals surface area contributed by atoms with Crippen molar-refractivity contribution in [1.82, 2.24) is 4.90 Å². The molecular weight excluding hydrogens is 150 g/mol. The van der Waals surface area contributed by atoms with Crippen LogP contribution in [0.3, 0.4) is 0 Å². The number of aliphatic hydroxyl groups excluding tert-OH is 1. The van der Waals surface area contributed by atoms with E-state index >= 15 is 0 Å². The lowest BCUT2D eigenvalue weighted by molar-refractivity contribution is 0.0656. The zero-order valence-corrected chi connectivity index (χ0v) is 7.71. The van der Waals surface area contributed by atoms with Gasteiger partial charge in [-0.1, -0.05) is 0 Å². The Morgan fingerprint density at radius 2 is 1.75 bits per heavy atom. The quantitative estimate of drug-likeness (QED) is 0.684. The molecule has 12 heavy (non-hydrogen) atoms. The molecule has 2 aliphatic rings. The minimum atomic E-state index is 0.415. The van der Waals surface area contributed by atoms with Crippen LogP contribution in [0.5, 0.6) is 0 Å². The van der Waals surface area contributed by atoms with Gasteiger partial charge < -0.3 is 10.0 Å². The molecule has 2 heteroatoms.